The maximum Gasteiger partial charge on any atom is 0.490 e. The summed E-state index contributed by atoms with van der Waals surface area (Å²) in [6, 6.07) is 11.2. The van der Waals surface area contributed by atoms with E-state index >= 15 is 0 Å². The summed E-state index contributed by atoms with van der Waals surface area (Å²) in [6.45, 7) is 1.29. The highest BCUT2D eigenvalue weighted by molar-refractivity contribution is 5.94. The van der Waals surface area contributed by atoms with Gasteiger partial charge in [-0.15, -0.1) is 0 Å². The lowest BCUT2D eigenvalue weighted by Crippen LogP contribution is -2.31. The molecule has 3 aromatic rings. The standard InChI is InChI=1S/C21H22N4O2.C2HF3O2/c1-24-19-14-25(21(26)15-7-9-17(27-2)10-8-15)12-4-6-18(19)20(23-24)16-5-3-11-22-13-16;3-2(4,5)1(6)7/h3,5,7-11,13H,4,6,12,14H2,1-2H3;(H,6,7). The van der Waals surface area contributed by atoms with Crippen LogP contribution in [0.1, 0.15) is 28.0 Å². The second-order valence-electron chi connectivity index (χ2n) is 7.50. The number of hydrogen-bond acceptors (Lipinski definition) is 5. The molecule has 8 nitrogen and oxygen atoms in total. The summed E-state index contributed by atoms with van der Waals surface area (Å²) in [5.41, 5.74) is 4.97. The Balaban J connectivity index is 0.000000406. The van der Waals surface area contributed by atoms with Gasteiger partial charge < -0.3 is 14.7 Å². The molecule has 3 heterocycles. The highest BCUT2D eigenvalue weighted by atomic mass is 19.4. The Morgan fingerprint density at radius 1 is 1.15 bits per heavy atom. The summed E-state index contributed by atoms with van der Waals surface area (Å²) in [5, 5.41) is 11.8. The van der Waals surface area contributed by atoms with Crippen molar-refractivity contribution < 1.29 is 32.6 Å². The van der Waals surface area contributed by atoms with Crippen LogP contribution in [0.2, 0.25) is 0 Å². The number of pyridine rings is 1. The van der Waals surface area contributed by atoms with Gasteiger partial charge in [0.25, 0.3) is 5.91 Å². The molecule has 1 aliphatic rings. The third-order valence-corrected chi connectivity index (χ3v) is 5.27. The van der Waals surface area contributed by atoms with Crippen LogP contribution in [0.15, 0.2) is 48.8 Å². The van der Waals surface area contributed by atoms with E-state index in [0.717, 1.165) is 42.1 Å². The number of carbonyl (C=O) groups excluding carboxylic acids is 1. The SMILES string of the molecule is COc1ccc(C(=O)N2CCCc3c(-c4cccnc4)nn(C)c3C2)cc1.O=C(O)C(F)(F)F. The molecule has 0 saturated heterocycles. The Morgan fingerprint density at radius 2 is 1.82 bits per heavy atom. The first-order chi connectivity index (χ1) is 16.1. The number of carboxylic acids is 1. The summed E-state index contributed by atoms with van der Waals surface area (Å²) < 4.78 is 38.8. The van der Waals surface area contributed by atoms with E-state index in [1.165, 1.54) is 5.56 Å². The summed E-state index contributed by atoms with van der Waals surface area (Å²) in [6.07, 6.45) is 0.335. The van der Waals surface area contributed by atoms with Crippen LogP contribution in [0, 0.1) is 0 Å². The molecule has 0 fully saturated rings. The number of carboxylic acid groups (broad SMARTS) is 1. The first-order valence-electron chi connectivity index (χ1n) is 10.3. The minimum Gasteiger partial charge on any atom is -0.497 e. The third-order valence-electron chi connectivity index (χ3n) is 5.27. The Labute approximate surface area is 193 Å². The number of aryl methyl sites for hydroxylation is 1. The number of nitrogens with zero attached hydrogens (tertiary/aromatic N) is 4. The summed E-state index contributed by atoms with van der Waals surface area (Å²) >= 11 is 0. The van der Waals surface area contributed by atoms with Crippen molar-refractivity contribution in [3.8, 4) is 17.0 Å². The van der Waals surface area contributed by atoms with Crippen molar-refractivity contribution in [2.45, 2.75) is 25.6 Å². The van der Waals surface area contributed by atoms with Crippen LogP contribution >= 0.6 is 0 Å². The zero-order valence-electron chi connectivity index (χ0n) is 18.5. The smallest absolute Gasteiger partial charge is 0.490 e. The van der Waals surface area contributed by atoms with Crippen molar-refractivity contribution in [1.29, 1.82) is 0 Å². The normalized spacial score (nSPS) is 13.3. The van der Waals surface area contributed by atoms with Crippen LogP contribution in [-0.2, 0) is 24.8 Å². The Bertz CT molecular complexity index is 1150. The second kappa shape index (κ2) is 10.4. The van der Waals surface area contributed by atoms with E-state index in [9.17, 15) is 18.0 Å². The maximum atomic E-state index is 13.0. The molecule has 1 amide bonds. The Kier molecular flexibility index (Phi) is 7.54. The molecule has 4 rings (SSSR count). The minimum atomic E-state index is -5.08. The van der Waals surface area contributed by atoms with Crippen molar-refractivity contribution in [1.82, 2.24) is 19.7 Å². The number of benzene rings is 1. The van der Waals surface area contributed by atoms with Crippen molar-refractivity contribution in [2.75, 3.05) is 13.7 Å². The van der Waals surface area contributed by atoms with Gasteiger partial charge >= 0.3 is 12.1 Å². The van der Waals surface area contributed by atoms with Crippen LogP contribution in [0.25, 0.3) is 11.3 Å². The molecule has 1 aromatic carbocycles. The Hall–Kier alpha value is -3.89. The zero-order chi connectivity index (χ0) is 24.9. The molecule has 0 aliphatic carbocycles. The van der Waals surface area contributed by atoms with Gasteiger partial charge in [0.05, 0.1) is 25.0 Å². The molecular formula is C23H23F3N4O4. The molecule has 0 spiro atoms. The fourth-order valence-electron chi connectivity index (χ4n) is 3.59. The monoisotopic (exact) mass is 476 g/mol. The van der Waals surface area contributed by atoms with Crippen LogP contribution in [0.3, 0.4) is 0 Å². The van der Waals surface area contributed by atoms with Crippen molar-refractivity contribution in [3.63, 3.8) is 0 Å². The first-order valence-corrected chi connectivity index (χ1v) is 10.3. The van der Waals surface area contributed by atoms with E-state index < -0.39 is 12.1 Å². The predicted molar refractivity (Wildman–Crippen MR) is 116 cm³/mol. The molecule has 1 aliphatic heterocycles. The van der Waals surface area contributed by atoms with Gasteiger partial charge in [0.1, 0.15) is 5.75 Å². The number of halogens is 3. The van der Waals surface area contributed by atoms with Gasteiger partial charge in [-0.1, -0.05) is 0 Å². The topological polar surface area (TPSA) is 97.5 Å². The number of rotatable bonds is 3. The highest BCUT2D eigenvalue weighted by Crippen LogP contribution is 2.29. The van der Waals surface area contributed by atoms with Gasteiger partial charge in [0.15, 0.2) is 0 Å². The molecule has 11 heteroatoms. The number of alkyl halides is 3. The van der Waals surface area contributed by atoms with E-state index in [1.54, 1.807) is 13.3 Å². The number of aromatic nitrogens is 3. The molecule has 2 aromatic heterocycles. The number of ether oxygens (including phenoxy) is 1. The van der Waals surface area contributed by atoms with E-state index in [4.69, 9.17) is 19.7 Å². The number of fused-ring (bicyclic) bond motifs is 1. The summed E-state index contributed by atoms with van der Waals surface area (Å²) in [4.78, 5) is 28.0. The van der Waals surface area contributed by atoms with E-state index in [2.05, 4.69) is 4.98 Å². The lowest BCUT2D eigenvalue weighted by atomic mass is 10.0. The fourth-order valence-corrected chi connectivity index (χ4v) is 3.59. The van der Waals surface area contributed by atoms with Gasteiger partial charge in [0.2, 0.25) is 0 Å². The molecule has 180 valence electrons. The van der Waals surface area contributed by atoms with Crippen molar-refractivity contribution >= 4 is 11.9 Å². The lowest BCUT2D eigenvalue weighted by molar-refractivity contribution is -0.192. The maximum absolute atomic E-state index is 13.0. The van der Waals surface area contributed by atoms with Crippen molar-refractivity contribution in [3.05, 3.63) is 65.6 Å². The van der Waals surface area contributed by atoms with E-state index in [1.807, 2.05) is 59.2 Å². The average molecular weight is 476 g/mol. The van der Waals surface area contributed by atoms with Crippen LogP contribution in [0.5, 0.6) is 5.75 Å². The molecule has 0 bridgehead atoms. The molecular weight excluding hydrogens is 453 g/mol. The molecule has 0 saturated carbocycles. The van der Waals surface area contributed by atoms with E-state index in [-0.39, 0.29) is 5.91 Å². The largest absolute Gasteiger partial charge is 0.497 e. The Morgan fingerprint density at radius 3 is 2.38 bits per heavy atom. The van der Waals surface area contributed by atoms with Gasteiger partial charge in [0, 0.05) is 42.7 Å². The quantitative estimate of drug-likeness (QED) is 0.619. The lowest BCUT2D eigenvalue weighted by Gasteiger charge is -2.21. The number of methoxy groups -OCH3 is 1. The predicted octanol–water partition coefficient (Wildman–Crippen LogP) is 3.71. The van der Waals surface area contributed by atoms with Gasteiger partial charge in [-0.2, -0.15) is 18.3 Å². The minimum absolute atomic E-state index is 0.0367. The second-order valence-corrected chi connectivity index (χ2v) is 7.50. The molecule has 0 radical (unpaired) electrons. The van der Waals surface area contributed by atoms with Crippen LogP contribution in [0.4, 0.5) is 13.2 Å². The molecule has 1 N–H and O–H groups in total. The van der Waals surface area contributed by atoms with Gasteiger partial charge in [-0.25, -0.2) is 4.79 Å². The summed E-state index contributed by atoms with van der Waals surface area (Å²) in [7, 11) is 3.56. The van der Waals surface area contributed by atoms with Gasteiger partial charge in [-0.05, 0) is 49.2 Å². The zero-order valence-corrected chi connectivity index (χ0v) is 18.5. The number of amides is 1. The molecule has 0 atom stereocenters. The number of hydrogen-bond donors (Lipinski definition) is 1. The average Bonchev–Trinajstić information content (AvgIpc) is 2.99. The number of aliphatic carboxylic acids is 1. The highest BCUT2D eigenvalue weighted by Gasteiger charge is 2.38. The number of carbonyl (C=O) groups is 2. The third kappa shape index (κ3) is 5.72. The van der Waals surface area contributed by atoms with Crippen LogP contribution < -0.4 is 4.74 Å². The first kappa shape index (κ1) is 24.7. The van der Waals surface area contributed by atoms with Crippen molar-refractivity contribution in [2.24, 2.45) is 7.05 Å². The fraction of sp³-hybridized carbons (Fsp3) is 0.304. The molecule has 34 heavy (non-hydrogen) atoms. The van der Waals surface area contributed by atoms with E-state index in [0.29, 0.717) is 12.1 Å². The summed E-state index contributed by atoms with van der Waals surface area (Å²) in [5.74, 6) is -1.97. The van der Waals surface area contributed by atoms with Gasteiger partial charge in [-0.3, -0.25) is 14.5 Å². The molecule has 0 unspecified atom stereocenters. The van der Waals surface area contributed by atoms with Crippen LogP contribution in [-0.4, -0.2) is 56.5 Å².